The van der Waals surface area contributed by atoms with Gasteiger partial charge in [0.2, 0.25) is 0 Å². The van der Waals surface area contributed by atoms with Gasteiger partial charge in [-0.15, -0.1) is 11.3 Å². The van der Waals surface area contributed by atoms with E-state index in [0.29, 0.717) is 29.9 Å². The molecule has 0 unspecified atom stereocenters. The number of urea groups is 1. The predicted octanol–water partition coefficient (Wildman–Crippen LogP) is 4.76. The number of carboxylic acid groups (broad SMARTS) is 1. The smallest absolute Gasteiger partial charge is 0.320 e. The van der Waals surface area contributed by atoms with Gasteiger partial charge in [0.15, 0.2) is 0 Å². The molecule has 0 radical (unpaired) electrons. The maximum Gasteiger partial charge on any atom is 0.320 e. The molecule has 0 aliphatic heterocycles. The Morgan fingerprint density at radius 2 is 1.91 bits per heavy atom. The van der Waals surface area contributed by atoms with Gasteiger partial charge in [0.05, 0.1) is 5.56 Å². The summed E-state index contributed by atoms with van der Waals surface area (Å²) in [4.78, 5) is 38.1. The molecule has 1 aromatic carbocycles. The van der Waals surface area contributed by atoms with E-state index in [2.05, 4.69) is 24.1 Å². The number of nitrogens with zero attached hydrogens (tertiary/aromatic N) is 1. The molecule has 1 atom stereocenters. The van der Waals surface area contributed by atoms with Crippen molar-refractivity contribution >= 4 is 40.3 Å². The number of primary amides is 2. The van der Waals surface area contributed by atoms with Gasteiger partial charge in [-0.2, -0.15) is 0 Å². The van der Waals surface area contributed by atoms with Crippen LogP contribution in [-0.4, -0.2) is 46.5 Å². The molecule has 35 heavy (non-hydrogen) atoms. The van der Waals surface area contributed by atoms with Crippen molar-refractivity contribution in [2.75, 3.05) is 11.9 Å². The maximum absolute atomic E-state index is 12.1. The number of carbonyl (C=O) groups is 3. The third-order valence-electron chi connectivity index (χ3n) is 6.21. The van der Waals surface area contributed by atoms with E-state index >= 15 is 0 Å². The number of amides is 3. The molecular formula is C26H34N4O4S. The zero-order valence-electron chi connectivity index (χ0n) is 20.2. The highest BCUT2D eigenvalue weighted by Crippen LogP contribution is 2.36. The summed E-state index contributed by atoms with van der Waals surface area (Å²) in [5.74, 6) is -1.11. The number of thiophene rings is 1. The summed E-state index contributed by atoms with van der Waals surface area (Å²) in [6, 6.07) is 8.44. The van der Waals surface area contributed by atoms with Crippen LogP contribution < -0.4 is 16.8 Å². The highest BCUT2D eigenvalue weighted by Gasteiger charge is 2.32. The topological polar surface area (TPSA) is 139 Å². The highest BCUT2D eigenvalue weighted by molar-refractivity contribution is 7.20. The first-order chi connectivity index (χ1) is 16.7. The number of carboxylic acids is 1. The molecule has 1 saturated carbocycles. The van der Waals surface area contributed by atoms with Crippen molar-refractivity contribution < 1.29 is 19.5 Å². The molecule has 1 heterocycles. The molecule has 6 N–H and O–H groups in total. The van der Waals surface area contributed by atoms with Crippen LogP contribution in [0.25, 0.3) is 16.5 Å². The van der Waals surface area contributed by atoms with Crippen LogP contribution in [0.1, 0.15) is 61.9 Å². The van der Waals surface area contributed by atoms with E-state index in [1.807, 2.05) is 36.4 Å². The number of carbonyl (C=O) groups excluding carboxylic acids is 2. The molecule has 9 heteroatoms. The minimum atomic E-state index is -0.762. The largest absolute Gasteiger partial charge is 0.480 e. The monoisotopic (exact) mass is 498 g/mol. The van der Waals surface area contributed by atoms with E-state index in [0.717, 1.165) is 41.7 Å². The fraction of sp³-hybridized carbons (Fsp3) is 0.423. The average Bonchev–Trinajstić information content (AvgIpc) is 3.45. The SMILES string of the molecule is CC(C)C[C@@H](C(=O)O)N(C/C=C/c1cccc(-c2cc(C(N)=O)c(NC(N)=O)s2)c1)C1CCCC1. The number of nitrogens with one attached hydrogen (secondary N) is 1. The molecule has 188 valence electrons. The zero-order valence-corrected chi connectivity index (χ0v) is 21.0. The molecule has 1 fully saturated rings. The standard InChI is InChI=1S/C26H34N4O4S/c1-16(2)13-21(25(32)33)30(19-10-3-4-11-19)12-6-8-17-7-5-9-18(14-17)22-15-20(23(27)31)24(35-22)29-26(28)34/h5-9,14-16,19,21H,3-4,10-13H2,1-2H3,(H2,27,31)(H,32,33)(H3,28,29,34)/b8-6+/t21-/m0/s1. The van der Waals surface area contributed by atoms with Gasteiger partial charge in [-0.25, -0.2) is 4.79 Å². The minimum Gasteiger partial charge on any atom is -0.480 e. The third-order valence-corrected chi connectivity index (χ3v) is 7.31. The van der Waals surface area contributed by atoms with Gasteiger partial charge >= 0.3 is 12.0 Å². The van der Waals surface area contributed by atoms with Crippen LogP contribution in [-0.2, 0) is 4.79 Å². The number of aliphatic carboxylic acids is 1. The quantitative estimate of drug-likeness (QED) is 0.354. The van der Waals surface area contributed by atoms with E-state index < -0.39 is 23.9 Å². The Morgan fingerprint density at radius 3 is 2.51 bits per heavy atom. The molecule has 0 saturated heterocycles. The summed E-state index contributed by atoms with van der Waals surface area (Å²) in [6.45, 7) is 4.68. The van der Waals surface area contributed by atoms with Crippen LogP contribution in [0.4, 0.5) is 9.80 Å². The fourth-order valence-corrected chi connectivity index (χ4v) is 5.68. The maximum atomic E-state index is 12.1. The molecule has 1 aromatic heterocycles. The van der Waals surface area contributed by atoms with Gasteiger partial charge in [-0.3, -0.25) is 19.8 Å². The first-order valence-electron chi connectivity index (χ1n) is 11.9. The van der Waals surface area contributed by atoms with E-state index in [9.17, 15) is 19.5 Å². The van der Waals surface area contributed by atoms with Gasteiger partial charge in [0, 0.05) is 17.5 Å². The third kappa shape index (κ3) is 7.16. The van der Waals surface area contributed by atoms with Crippen molar-refractivity contribution in [2.24, 2.45) is 17.4 Å². The van der Waals surface area contributed by atoms with E-state index in [4.69, 9.17) is 11.5 Å². The highest BCUT2D eigenvalue weighted by atomic mass is 32.1. The minimum absolute atomic E-state index is 0.210. The van der Waals surface area contributed by atoms with E-state index in [-0.39, 0.29) is 5.56 Å². The van der Waals surface area contributed by atoms with Crippen molar-refractivity contribution in [2.45, 2.75) is 58.0 Å². The first-order valence-corrected chi connectivity index (χ1v) is 12.7. The van der Waals surface area contributed by atoms with Crippen LogP contribution in [0.15, 0.2) is 36.4 Å². The van der Waals surface area contributed by atoms with Gasteiger partial charge in [0.25, 0.3) is 5.91 Å². The molecule has 1 aliphatic carbocycles. The lowest BCUT2D eigenvalue weighted by molar-refractivity contribution is -0.144. The summed E-state index contributed by atoms with van der Waals surface area (Å²) < 4.78 is 0. The van der Waals surface area contributed by atoms with Crippen molar-refractivity contribution in [1.82, 2.24) is 4.90 Å². The lowest BCUT2D eigenvalue weighted by atomic mass is 10.00. The summed E-state index contributed by atoms with van der Waals surface area (Å²) in [5, 5.41) is 12.7. The molecule has 1 aliphatic rings. The average molecular weight is 499 g/mol. The normalized spacial score (nSPS) is 15.2. The van der Waals surface area contributed by atoms with Crippen molar-refractivity contribution in [1.29, 1.82) is 0 Å². The number of anilines is 1. The summed E-state index contributed by atoms with van der Waals surface area (Å²) >= 11 is 1.23. The van der Waals surface area contributed by atoms with Crippen LogP contribution in [0, 0.1) is 5.92 Å². The van der Waals surface area contributed by atoms with E-state index in [1.165, 1.54) is 11.3 Å². The lowest BCUT2D eigenvalue weighted by Gasteiger charge is -2.34. The summed E-state index contributed by atoms with van der Waals surface area (Å²) in [7, 11) is 0. The van der Waals surface area contributed by atoms with Crippen LogP contribution in [0.2, 0.25) is 0 Å². The molecule has 8 nitrogen and oxygen atoms in total. The number of nitrogens with two attached hydrogens (primary N) is 2. The molecule has 3 rings (SSSR count). The Balaban J connectivity index is 1.81. The Kier molecular flexibility index (Phi) is 9.06. The van der Waals surface area contributed by atoms with Gasteiger partial charge in [0.1, 0.15) is 11.0 Å². The van der Waals surface area contributed by atoms with Crippen molar-refractivity contribution in [3.05, 3.63) is 47.5 Å². The molecule has 0 bridgehead atoms. The first kappa shape index (κ1) is 26.4. The Morgan fingerprint density at radius 1 is 1.20 bits per heavy atom. The number of hydrogen-bond acceptors (Lipinski definition) is 5. The molecule has 3 amide bonds. The molecule has 0 spiro atoms. The van der Waals surface area contributed by atoms with Gasteiger partial charge < -0.3 is 16.6 Å². The Labute approximate surface area is 210 Å². The number of rotatable bonds is 11. The lowest BCUT2D eigenvalue weighted by Crippen LogP contribution is -2.47. The molecular weight excluding hydrogens is 464 g/mol. The number of hydrogen-bond donors (Lipinski definition) is 4. The number of benzene rings is 1. The second-order valence-corrected chi connectivity index (χ2v) is 10.4. The fourth-order valence-electron chi connectivity index (χ4n) is 4.62. The Bertz CT molecular complexity index is 1090. The van der Waals surface area contributed by atoms with Crippen LogP contribution >= 0.6 is 11.3 Å². The van der Waals surface area contributed by atoms with Crippen LogP contribution in [0.3, 0.4) is 0 Å². The second-order valence-electron chi connectivity index (χ2n) is 9.35. The summed E-state index contributed by atoms with van der Waals surface area (Å²) in [6.07, 6.45) is 8.99. The second kappa shape index (κ2) is 12.0. The summed E-state index contributed by atoms with van der Waals surface area (Å²) in [5.41, 5.74) is 12.7. The van der Waals surface area contributed by atoms with Gasteiger partial charge in [-0.05, 0) is 48.4 Å². The van der Waals surface area contributed by atoms with Crippen molar-refractivity contribution in [3.8, 4) is 10.4 Å². The van der Waals surface area contributed by atoms with Crippen LogP contribution in [0.5, 0.6) is 0 Å². The molecule has 2 aromatic rings. The zero-order chi connectivity index (χ0) is 25.5. The van der Waals surface area contributed by atoms with E-state index in [1.54, 1.807) is 6.07 Å². The van der Waals surface area contributed by atoms with Crippen molar-refractivity contribution in [3.63, 3.8) is 0 Å². The predicted molar refractivity (Wildman–Crippen MR) is 140 cm³/mol. The Hall–Kier alpha value is -3.17. The van der Waals surface area contributed by atoms with Gasteiger partial charge in [-0.1, -0.05) is 57.0 Å².